The van der Waals surface area contributed by atoms with E-state index in [0.717, 1.165) is 91.7 Å². The van der Waals surface area contributed by atoms with E-state index in [1.54, 1.807) is 6.20 Å². The summed E-state index contributed by atoms with van der Waals surface area (Å²) in [6.07, 6.45) is 24.2. The van der Waals surface area contributed by atoms with Gasteiger partial charge in [0, 0.05) is 35.1 Å². The number of piperidine rings is 1. The lowest BCUT2D eigenvalue weighted by atomic mass is 9.54. The van der Waals surface area contributed by atoms with Crippen molar-refractivity contribution in [3.05, 3.63) is 72.6 Å². The summed E-state index contributed by atoms with van der Waals surface area (Å²) in [5, 5.41) is 25.7. The Balaban J connectivity index is 1.35. The fourth-order valence-corrected chi connectivity index (χ4v) is 9.65. The molecule has 8 rings (SSSR count). The molecule has 6 heterocycles. The van der Waals surface area contributed by atoms with Crippen LogP contribution in [-0.2, 0) is 0 Å². The summed E-state index contributed by atoms with van der Waals surface area (Å²) in [5.41, 5.74) is 3.63. The van der Waals surface area contributed by atoms with E-state index in [1.165, 1.54) is 30.4 Å². The fraction of sp³-hybridized carbons (Fsp3) is 0.528. The van der Waals surface area contributed by atoms with Gasteiger partial charge in [0.25, 0.3) is 0 Å². The van der Waals surface area contributed by atoms with Crippen molar-refractivity contribution in [2.45, 2.75) is 81.9 Å². The van der Waals surface area contributed by atoms with E-state index in [4.69, 9.17) is 4.98 Å². The summed E-state index contributed by atoms with van der Waals surface area (Å²) in [6.45, 7) is 4.23. The second-order valence-corrected chi connectivity index (χ2v) is 13.7. The topological polar surface area (TPSA) is 64.8 Å². The molecule has 1 aromatic rings. The number of fused-ring (bicyclic) bond motifs is 5. The molecule has 0 saturated carbocycles. The minimum Gasteiger partial charge on any atom is -0.428 e. The number of pyridine rings is 1. The van der Waals surface area contributed by atoms with Gasteiger partial charge in [-0.1, -0.05) is 42.5 Å². The number of aromatic nitrogens is 2. The standard InChI is InChI=1S/C36H44N4O2/c41-36-18-10-4-1-2-5-11-19-38-21-17-30(35(25-38)23-26-13-7-3-6-12-20-39(26)34(35)36)29(24-36)33-32-28(16-22-40(33)42)27-14-8-9-15-31(27)37-32/h1,4,7-9,13-16,22,24,26,30,34,41-42H,2-3,5-6,10-12,17-21,23,25H2/b4-1-,13-7-/t26?,30?,34?,35-,36-/m0/s1. The quantitative estimate of drug-likeness (QED) is 0.260. The minimum absolute atomic E-state index is 0.0569. The van der Waals surface area contributed by atoms with E-state index in [0.29, 0.717) is 12.5 Å². The van der Waals surface area contributed by atoms with Gasteiger partial charge in [0.2, 0.25) is 0 Å². The van der Waals surface area contributed by atoms with Gasteiger partial charge in [0.15, 0.2) is 0 Å². The number of hydrogen-bond acceptors (Lipinski definition) is 5. The molecule has 4 unspecified atom stereocenters. The third kappa shape index (κ3) is 4.13. The van der Waals surface area contributed by atoms with Crippen molar-refractivity contribution < 1.29 is 10.3 Å². The van der Waals surface area contributed by atoms with Gasteiger partial charge in [-0.05, 0) is 114 Å². The molecule has 2 fully saturated rings. The lowest BCUT2D eigenvalue weighted by molar-refractivity contribution is -0.0897. The molecule has 1 aliphatic carbocycles. The van der Waals surface area contributed by atoms with Gasteiger partial charge in [-0.25, -0.2) is 4.98 Å². The van der Waals surface area contributed by atoms with Crippen LogP contribution in [0.2, 0.25) is 0 Å². The Bertz CT molecular complexity index is 1540. The van der Waals surface area contributed by atoms with Gasteiger partial charge in [-0.15, -0.1) is 0 Å². The van der Waals surface area contributed by atoms with E-state index in [9.17, 15) is 10.3 Å². The van der Waals surface area contributed by atoms with E-state index in [-0.39, 0.29) is 17.4 Å². The second kappa shape index (κ2) is 10.4. The van der Waals surface area contributed by atoms with E-state index in [2.05, 4.69) is 58.4 Å². The molecular weight excluding hydrogens is 520 g/mol. The lowest BCUT2D eigenvalue weighted by Crippen LogP contribution is -2.65. The molecule has 220 valence electrons. The zero-order valence-corrected chi connectivity index (χ0v) is 24.7. The van der Waals surface area contributed by atoms with Crippen LogP contribution in [0.15, 0.2) is 66.9 Å². The zero-order valence-electron chi connectivity index (χ0n) is 24.7. The normalized spacial score (nSPS) is 37.0. The highest BCUT2D eigenvalue weighted by Gasteiger charge is 2.65. The van der Waals surface area contributed by atoms with Gasteiger partial charge in [0.05, 0.1) is 22.9 Å². The molecule has 2 saturated heterocycles. The maximum atomic E-state index is 13.1. The molecule has 6 atom stereocenters. The second-order valence-electron chi connectivity index (χ2n) is 13.7. The Hall–Kier alpha value is -2.93. The van der Waals surface area contributed by atoms with Crippen molar-refractivity contribution >= 4 is 16.5 Å². The maximum absolute atomic E-state index is 13.1. The summed E-state index contributed by atoms with van der Waals surface area (Å²) >= 11 is 0. The van der Waals surface area contributed by atoms with Gasteiger partial charge < -0.3 is 15.2 Å². The summed E-state index contributed by atoms with van der Waals surface area (Å²) in [6, 6.07) is 10.7. The van der Waals surface area contributed by atoms with Crippen LogP contribution in [-0.4, -0.2) is 73.7 Å². The molecular formula is C36H44N4O2. The predicted molar refractivity (Wildman–Crippen MR) is 168 cm³/mol. The smallest absolute Gasteiger partial charge is 0.109 e. The van der Waals surface area contributed by atoms with Crippen LogP contribution in [0.3, 0.4) is 0 Å². The van der Waals surface area contributed by atoms with Gasteiger partial charge in [-0.3, -0.25) is 4.90 Å². The largest absolute Gasteiger partial charge is 0.428 e. The van der Waals surface area contributed by atoms with Crippen LogP contribution in [0.1, 0.15) is 69.9 Å². The molecule has 6 aliphatic heterocycles. The first kappa shape index (κ1) is 26.7. The minimum atomic E-state index is -1.00. The van der Waals surface area contributed by atoms with E-state index in [1.807, 2.05) is 12.1 Å². The van der Waals surface area contributed by atoms with Crippen LogP contribution in [0.5, 0.6) is 0 Å². The Kier molecular flexibility index (Phi) is 6.58. The Morgan fingerprint density at radius 1 is 0.905 bits per heavy atom. The molecule has 7 aliphatic rings. The van der Waals surface area contributed by atoms with Crippen LogP contribution >= 0.6 is 0 Å². The highest BCUT2D eigenvalue weighted by molar-refractivity contribution is 6.00. The van der Waals surface area contributed by atoms with Crippen molar-refractivity contribution in [1.29, 1.82) is 0 Å². The zero-order chi connectivity index (χ0) is 28.3. The number of nitrogens with zero attached hydrogens (tertiary/aromatic N) is 4. The van der Waals surface area contributed by atoms with Crippen LogP contribution in [0.25, 0.3) is 27.7 Å². The summed E-state index contributed by atoms with van der Waals surface area (Å²) < 4.78 is 1.30. The average molecular weight is 565 g/mol. The van der Waals surface area contributed by atoms with Crippen LogP contribution in [0.4, 0.5) is 0 Å². The molecule has 0 aromatic heterocycles. The van der Waals surface area contributed by atoms with Crippen molar-refractivity contribution in [3.63, 3.8) is 0 Å². The van der Waals surface area contributed by atoms with Gasteiger partial charge >= 0.3 is 0 Å². The van der Waals surface area contributed by atoms with Crippen LogP contribution in [0, 0.1) is 11.3 Å². The fourth-order valence-electron chi connectivity index (χ4n) is 9.65. The Morgan fingerprint density at radius 2 is 1.74 bits per heavy atom. The number of allylic oxidation sites excluding steroid dienone is 4. The Morgan fingerprint density at radius 3 is 2.67 bits per heavy atom. The first-order chi connectivity index (χ1) is 20.6. The number of rotatable bonds is 1. The first-order valence-corrected chi connectivity index (χ1v) is 16.4. The lowest BCUT2D eigenvalue weighted by Gasteiger charge is -2.58. The monoisotopic (exact) mass is 564 g/mol. The van der Waals surface area contributed by atoms with Gasteiger partial charge in [-0.2, -0.15) is 4.73 Å². The van der Waals surface area contributed by atoms with Crippen LogP contribution < -0.4 is 0 Å². The summed E-state index contributed by atoms with van der Waals surface area (Å²) in [7, 11) is 0. The summed E-state index contributed by atoms with van der Waals surface area (Å²) in [5.74, 6) is 0.241. The highest BCUT2D eigenvalue weighted by atomic mass is 16.5. The maximum Gasteiger partial charge on any atom is 0.109 e. The molecule has 0 amide bonds. The molecule has 42 heavy (non-hydrogen) atoms. The molecule has 6 heteroatoms. The SMILES string of the molecule is On1ccc2c3ccccc3nc-2c1C1=C[C@@]2(O)CC/C=C\CCCCN3CCC1[C@]1(CC4/C=C\CCCCN4C12)C3. The molecule has 1 aromatic carbocycles. The van der Waals surface area contributed by atoms with E-state index >= 15 is 0 Å². The summed E-state index contributed by atoms with van der Waals surface area (Å²) in [4.78, 5) is 10.5. The average Bonchev–Trinajstić information content (AvgIpc) is 3.49. The number of para-hydroxylation sites is 1. The van der Waals surface area contributed by atoms with Crippen molar-refractivity contribution in [1.82, 2.24) is 19.5 Å². The highest BCUT2D eigenvalue weighted by Crippen LogP contribution is 2.62. The number of benzene rings is 1. The molecule has 1 spiro atoms. The van der Waals surface area contributed by atoms with Crippen molar-refractivity contribution in [3.8, 4) is 11.3 Å². The first-order valence-electron chi connectivity index (χ1n) is 16.4. The third-order valence-corrected chi connectivity index (χ3v) is 11.3. The Labute approximate surface area is 249 Å². The van der Waals surface area contributed by atoms with E-state index < -0.39 is 5.60 Å². The van der Waals surface area contributed by atoms with Crippen molar-refractivity contribution in [2.75, 3.05) is 26.2 Å². The third-order valence-electron chi connectivity index (χ3n) is 11.3. The molecule has 6 nitrogen and oxygen atoms in total. The molecule has 3 bridgehead atoms. The van der Waals surface area contributed by atoms with Crippen molar-refractivity contribution in [2.24, 2.45) is 11.3 Å². The molecule has 2 N–H and O–H groups in total. The number of aliphatic hydroxyl groups is 1. The number of hydrogen-bond donors (Lipinski definition) is 2. The predicted octanol–water partition coefficient (Wildman–Crippen LogP) is 6.52. The molecule has 0 radical (unpaired) electrons. The van der Waals surface area contributed by atoms with Gasteiger partial charge in [0.1, 0.15) is 5.69 Å².